The number of nitrogens with zero attached hydrogens (tertiary/aromatic N) is 2. The number of nitrogens with two attached hydrogens (primary N) is 2. The zero-order valence-electron chi connectivity index (χ0n) is 15.3. The minimum atomic E-state index is -0.692. The lowest BCUT2D eigenvalue weighted by molar-refractivity contribution is 0.0877. The first-order valence-electron chi connectivity index (χ1n) is 9.09. The average Bonchev–Trinajstić information content (AvgIpc) is 2.70. The zero-order valence-corrected chi connectivity index (χ0v) is 15.3. The minimum absolute atomic E-state index is 0.315. The molecule has 0 spiro atoms. The molecule has 140 valence electrons. The first kappa shape index (κ1) is 19.2. The fourth-order valence-electron chi connectivity index (χ4n) is 3.01. The van der Waals surface area contributed by atoms with Crippen LogP contribution in [0.1, 0.15) is 11.1 Å². The SMILES string of the molecule is N[C@H](Cc1ccccc1)[C@H](O)CN(N)Cc1ccc(-c2ccccn2)cc1. The fraction of sp³-hybridized carbons (Fsp3) is 0.227. The molecule has 0 aliphatic rings. The number of hydrazine groups is 1. The second kappa shape index (κ2) is 9.39. The van der Waals surface area contributed by atoms with E-state index in [1.54, 1.807) is 11.2 Å². The van der Waals surface area contributed by atoms with Crippen LogP contribution in [0.15, 0.2) is 79.0 Å². The molecule has 0 saturated carbocycles. The predicted molar refractivity (Wildman–Crippen MR) is 108 cm³/mol. The van der Waals surface area contributed by atoms with Gasteiger partial charge in [-0.25, -0.2) is 5.01 Å². The number of hydrogen-bond acceptors (Lipinski definition) is 5. The normalized spacial score (nSPS) is 13.5. The minimum Gasteiger partial charge on any atom is -0.390 e. The summed E-state index contributed by atoms with van der Waals surface area (Å²) in [4.78, 5) is 4.35. The number of rotatable bonds is 8. The van der Waals surface area contributed by atoms with Crippen molar-refractivity contribution < 1.29 is 5.11 Å². The number of aliphatic hydroxyl groups excluding tert-OH is 1. The molecule has 0 bridgehead atoms. The first-order chi connectivity index (χ1) is 13.1. The molecule has 1 aromatic heterocycles. The smallest absolute Gasteiger partial charge is 0.0835 e. The summed E-state index contributed by atoms with van der Waals surface area (Å²) in [6.45, 7) is 0.855. The summed E-state index contributed by atoms with van der Waals surface area (Å²) >= 11 is 0. The van der Waals surface area contributed by atoms with Gasteiger partial charge in [-0.15, -0.1) is 0 Å². The standard InChI is InChI=1S/C22H26N4O/c23-20(14-17-6-2-1-3-7-17)22(27)16-26(24)15-18-9-11-19(12-10-18)21-8-4-5-13-25-21/h1-13,20,22,27H,14-16,23-24H2/t20-,22-/m1/s1. The van der Waals surface area contributed by atoms with Crippen molar-refractivity contribution in [3.8, 4) is 11.3 Å². The number of aromatic nitrogens is 1. The van der Waals surface area contributed by atoms with Crippen LogP contribution >= 0.6 is 0 Å². The summed E-state index contributed by atoms with van der Waals surface area (Å²) in [6, 6.07) is 23.5. The highest BCUT2D eigenvalue weighted by atomic mass is 16.3. The molecule has 5 N–H and O–H groups in total. The lowest BCUT2D eigenvalue weighted by atomic mass is 10.0. The van der Waals surface area contributed by atoms with Crippen LogP contribution in [-0.2, 0) is 13.0 Å². The second-order valence-electron chi connectivity index (χ2n) is 6.76. The number of benzene rings is 2. The highest BCUT2D eigenvalue weighted by Gasteiger charge is 2.17. The van der Waals surface area contributed by atoms with Crippen molar-refractivity contribution in [1.82, 2.24) is 9.99 Å². The Morgan fingerprint density at radius 2 is 1.59 bits per heavy atom. The van der Waals surface area contributed by atoms with Gasteiger partial charge in [0.15, 0.2) is 0 Å². The third-order valence-electron chi connectivity index (χ3n) is 4.53. The molecule has 2 aromatic carbocycles. The summed E-state index contributed by atoms with van der Waals surface area (Å²) in [6.07, 6.45) is 1.71. The van der Waals surface area contributed by atoms with Crippen LogP contribution in [0.5, 0.6) is 0 Å². The van der Waals surface area contributed by atoms with Gasteiger partial charge in [-0.1, -0.05) is 60.7 Å². The molecule has 5 heteroatoms. The summed E-state index contributed by atoms with van der Waals surface area (Å²) in [7, 11) is 0. The maximum Gasteiger partial charge on any atom is 0.0835 e. The van der Waals surface area contributed by atoms with E-state index in [0.717, 1.165) is 22.4 Å². The molecule has 0 aliphatic carbocycles. The average molecular weight is 362 g/mol. The van der Waals surface area contributed by atoms with Crippen LogP contribution < -0.4 is 11.6 Å². The number of pyridine rings is 1. The Kier molecular flexibility index (Phi) is 6.68. The molecule has 0 amide bonds. The Morgan fingerprint density at radius 1 is 0.889 bits per heavy atom. The van der Waals surface area contributed by atoms with E-state index < -0.39 is 6.10 Å². The topological polar surface area (TPSA) is 88.4 Å². The molecule has 0 aliphatic heterocycles. The van der Waals surface area contributed by atoms with E-state index in [2.05, 4.69) is 4.98 Å². The van der Waals surface area contributed by atoms with Gasteiger partial charge in [0.05, 0.1) is 11.8 Å². The molecule has 0 unspecified atom stereocenters. The third-order valence-corrected chi connectivity index (χ3v) is 4.53. The van der Waals surface area contributed by atoms with Gasteiger partial charge in [0.1, 0.15) is 0 Å². The van der Waals surface area contributed by atoms with Gasteiger partial charge >= 0.3 is 0 Å². The Bertz CT molecular complexity index is 809. The maximum absolute atomic E-state index is 10.4. The zero-order chi connectivity index (χ0) is 19.1. The van der Waals surface area contributed by atoms with Crippen LogP contribution in [0, 0.1) is 0 Å². The molecule has 3 aromatic rings. The largest absolute Gasteiger partial charge is 0.390 e. The first-order valence-corrected chi connectivity index (χ1v) is 9.09. The van der Waals surface area contributed by atoms with Gasteiger partial charge in [0, 0.05) is 30.9 Å². The Balaban J connectivity index is 1.51. The van der Waals surface area contributed by atoms with E-state index in [1.165, 1.54) is 0 Å². The van der Waals surface area contributed by atoms with Gasteiger partial charge in [0.2, 0.25) is 0 Å². The van der Waals surface area contributed by atoms with Crippen LogP contribution in [-0.4, -0.2) is 33.8 Å². The molecule has 5 nitrogen and oxygen atoms in total. The van der Waals surface area contributed by atoms with Crippen molar-refractivity contribution in [1.29, 1.82) is 0 Å². The molecule has 0 saturated heterocycles. The molecule has 0 fully saturated rings. The summed E-state index contributed by atoms with van der Waals surface area (Å²) in [5, 5.41) is 12.0. The van der Waals surface area contributed by atoms with E-state index >= 15 is 0 Å². The molecular formula is C22H26N4O. The molecule has 0 radical (unpaired) electrons. The van der Waals surface area contributed by atoms with Gasteiger partial charge < -0.3 is 10.8 Å². The maximum atomic E-state index is 10.4. The molecule has 2 atom stereocenters. The highest BCUT2D eigenvalue weighted by molar-refractivity contribution is 5.58. The van der Waals surface area contributed by atoms with E-state index in [0.29, 0.717) is 19.5 Å². The number of hydrogen-bond donors (Lipinski definition) is 3. The van der Waals surface area contributed by atoms with Crippen LogP contribution in [0.25, 0.3) is 11.3 Å². The fourth-order valence-corrected chi connectivity index (χ4v) is 3.01. The lowest BCUT2D eigenvalue weighted by Crippen LogP contribution is -2.46. The van der Waals surface area contributed by atoms with Crippen molar-refractivity contribution in [2.75, 3.05) is 6.54 Å². The summed E-state index contributed by atoms with van der Waals surface area (Å²) in [5.74, 6) is 6.09. The molecule has 3 rings (SSSR count). The Labute approximate surface area is 160 Å². The van der Waals surface area contributed by atoms with E-state index in [4.69, 9.17) is 11.6 Å². The van der Waals surface area contributed by atoms with Gasteiger partial charge in [-0.2, -0.15) is 0 Å². The van der Waals surface area contributed by atoms with Gasteiger partial charge in [-0.3, -0.25) is 10.8 Å². The van der Waals surface area contributed by atoms with Crippen molar-refractivity contribution >= 4 is 0 Å². The van der Waals surface area contributed by atoms with Crippen LogP contribution in [0.2, 0.25) is 0 Å². The quantitative estimate of drug-likeness (QED) is 0.423. The van der Waals surface area contributed by atoms with Crippen LogP contribution in [0.4, 0.5) is 0 Å². The molecule has 27 heavy (non-hydrogen) atoms. The number of aliphatic hydroxyl groups is 1. The van der Waals surface area contributed by atoms with Crippen molar-refractivity contribution in [3.63, 3.8) is 0 Å². The van der Waals surface area contributed by atoms with E-state index in [9.17, 15) is 5.11 Å². The van der Waals surface area contributed by atoms with Gasteiger partial charge in [-0.05, 0) is 29.7 Å². The highest BCUT2D eigenvalue weighted by Crippen LogP contribution is 2.17. The Morgan fingerprint density at radius 3 is 2.26 bits per heavy atom. The second-order valence-corrected chi connectivity index (χ2v) is 6.76. The van der Waals surface area contributed by atoms with Crippen molar-refractivity contribution in [2.45, 2.75) is 25.1 Å². The molecular weight excluding hydrogens is 336 g/mol. The summed E-state index contributed by atoms with van der Waals surface area (Å²) < 4.78 is 0. The Hall–Kier alpha value is -2.57. The van der Waals surface area contributed by atoms with Gasteiger partial charge in [0.25, 0.3) is 0 Å². The lowest BCUT2D eigenvalue weighted by Gasteiger charge is -2.24. The van der Waals surface area contributed by atoms with Crippen LogP contribution in [0.3, 0.4) is 0 Å². The third kappa shape index (κ3) is 5.70. The van der Waals surface area contributed by atoms with E-state index in [-0.39, 0.29) is 6.04 Å². The van der Waals surface area contributed by atoms with E-state index in [1.807, 2.05) is 72.8 Å². The monoisotopic (exact) mass is 362 g/mol. The molecule has 1 heterocycles. The predicted octanol–water partition coefficient (Wildman–Crippen LogP) is 2.36. The van der Waals surface area contributed by atoms with Crippen molar-refractivity contribution in [3.05, 3.63) is 90.1 Å². The van der Waals surface area contributed by atoms with Crippen molar-refractivity contribution in [2.24, 2.45) is 11.6 Å². The summed E-state index contributed by atoms with van der Waals surface area (Å²) in [5.41, 5.74) is 10.3.